The average molecular weight is 225 g/mol. The monoisotopic (exact) mass is 225 g/mol. The van der Waals surface area contributed by atoms with Crippen LogP contribution < -0.4 is 5.32 Å². The van der Waals surface area contributed by atoms with Crippen molar-refractivity contribution in [2.45, 2.75) is 20.3 Å². The Kier molecular flexibility index (Phi) is 4.49. The predicted octanol–water partition coefficient (Wildman–Crippen LogP) is 0.973. The van der Waals surface area contributed by atoms with Gasteiger partial charge in [0.15, 0.2) is 0 Å². The third-order valence-corrected chi connectivity index (χ3v) is 2.51. The van der Waals surface area contributed by atoms with Gasteiger partial charge in [-0.05, 0) is 33.9 Å². The van der Waals surface area contributed by atoms with Gasteiger partial charge < -0.3 is 14.7 Å². The summed E-state index contributed by atoms with van der Waals surface area (Å²) in [6.45, 7) is 5.17. The Balaban J connectivity index is 2.63. The molecule has 0 aliphatic heterocycles. The Morgan fingerprint density at radius 3 is 2.69 bits per heavy atom. The number of hydrogen-bond acceptors (Lipinski definition) is 4. The highest BCUT2D eigenvalue weighted by molar-refractivity contribution is 5.95. The number of aromatic nitrogens is 1. The first-order valence-corrected chi connectivity index (χ1v) is 5.41. The third kappa shape index (κ3) is 2.82. The Labute approximate surface area is 95.8 Å². The number of carbonyl (C=O) groups excluding carboxylic acids is 1. The number of rotatable bonds is 5. The largest absolute Gasteiger partial charge is 0.361 e. The van der Waals surface area contributed by atoms with Crippen LogP contribution in [0.2, 0.25) is 0 Å². The maximum absolute atomic E-state index is 12.0. The molecule has 0 fully saturated rings. The quantitative estimate of drug-likeness (QED) is 0.759. The molecule has 16 heavy (non-hydrogen) atoms. The normalized spacial score (nSPS) is 10.5. The lowest BCUT2D eigenvalue weighted by atomic mass is 10.2. The van der Waals surface area contributed by atoms with Crippen LogP contribution in [0, 0.1) is 13.8 Å². The lowest BCUT2D eigenvalue weighted by Gasteiger charge is -2.16. The number of nitrogens with one attached hydrogen (secondary N) is 1. The van der Waals surface area contributed by atoms with Crippen molar-refractivity contribution < 1.29 is 9.32 Å². The minimum Gasteiger partial charge on any atom is -0.361 e. The van der Waals surface area contributed by atoms with Crippen LogP contribution in [0.25, 0.3) is 0 Å². The Hall–Kier alpha value is -1.36. The molecular weight excluding hydrogens is 206 g/mol. The summed E-state index contributed by atoms with van der Waals surface area (Å²) in [4.78, 5) is 13.7. The molecule has 0 saturated carbocycles. The van der Waals surface area contributed by atoms with E-state index >= 15 is 0 Å². The first-order chi connectivity index (χ1) is 7.57. The van der Waals surface area contributed by atoms with E-state index in [-0.39, 0.29) is 5.91 Å². The van der Waals surface area contributed by atoms with Crippen LogP contribution >= 0.6 is 0 Å². The van der Waals surface area contributed by atoms with Crippen molar-refractivity contribution >= 4 is 5.91 Å². The van der Waals surface area contributed by atoms with Crippen LogP contribution in [0.5, 0.6) is 0 Å². The molecule has 0 aliphatic rings. The number of amides is 1. The summed E-state index contributed by atoms with van der Waals surface area (Å²) in [5.74, 6) is 0.565. The van der Waals surface area contributed by atoms with E-state index in [1.807, 2.05) is 7.05 Å². The minimum absolute atomic E-state index is 0.0210. The van der Waals surface area contributed by atoms with Gasteiger partial charge in [0.1, 0.15) is 11.3 Å². The molecule has 0 aromatic carbocycles. The fourth-order valence-electron chi connectivity index (χ4n) is 1.57. The molecule has 0 bridgehead atoms. The van der Waals surface area contributed by atoms with Crippen molar-refractivity contribution in [3.05, 3.63) is 17.0 Å². The van der Waals surface area contributed by atoms with E-state index in [2.05, 4.69) is 10.5 Å². The molecule has 0 unspecified atom stereocenters. The molecule has 1 rings (SSSR count). The van der Waals surface area contributed by atoms with Gasteiger partial charge >= 0.3 is 0 Å². The van der Waals surface area contributed by atoms with Crippen molar-refractivity contribution in [3.63, 3.8) is 0 Å². The van der Waals surface area contributed by atoms with Crippen molar-refractivity contribution in [2.75, 3.05) is 27.2 Å². The van der Waals surface area contributed by atoms with E-state index in [0.717, 1.165) is 19.5 Å². The number of aryl methyl sites for hydroxylation is 2. The molecule has 1 heterocycles. The molecule has 1 N–H and O–H groups in total. The van der Waals surface area contributed by atoms with Gasteiger partial charge in [-0.1, -0.05) is 5.16 Å². The second-order valence-electron chi connectivity index (χ2n) is 3.88. The minimum atomic E-state index is -0.0210. The number of hydrogen-bond donors (Lipinski definition) is 1. The van der Waals surface area contributed by atoms with Crippen LogP contribution in [0.3, 0.4) is 0 Å². The maximum Gasteiger partial charge on any atom is 0.259 e. The topological polar surface area (TPSA) is 58.4 Å². The van der Waals surface area contributed by atoms with Crippen molar-refractivity contribution in [1.82, 2.24) is 15.4 Å². The number of carbonyl (C=O) groups is 1. The predicted molar refractivity (Wildman–Crippen MR) is 61.5 cm³/mol. The lowest BCUT2D eigenvalue weighted by molar-refractivity contribution is 0.0791. The van der Waals surface area contributed by atoms with Crippen LogP contribution in [-0.4, -0.2) is 43.1 Å². The molecule has 5 heteroatoms. The molecule has 0 spiro atoms. The van der Waals surface area contributed by atoms with Crippen LogP contribution in [0.1, 0.15) is 28.2 Å². The highest BCUT2D eigenvalue weighted by Crippen LogP contribution is 2.14. The fraction of sp³-hybridized carbons (Fsp3) is 0.636. The molecule has 0 aliphatic carbocycles. The molecular formula is C11H19N3O2. The summed E-state index contributed by atoms with van der Waals surface area (Å²) in [7, 11) is 3.69. The second kappa shape index (κ2) is 5.65. The van der Waals surface area contributed by atoms with Crippen molar-refractivity contribution in [1.29, 1.82) is 0 Å². The highest BCUT2D eigenvalue weighted by atomic mass is 16.5. The zero-order valence-electron chi connectivity index (χ0n) is 10.3. The molecule has 5 nitrogen and oxygen atoms in total. The first-order valence-electron chi connectivity index (χ1n) is 5.41. The van der Waals surface area contributed by atoms with Gasteiger partial charge in [-0.2, -0.15) is 0 Å². The van der Waals surface area contributed by atoms with E-state index in [0.29, 0.717) is 17.0 Å². The molecule has 90 valence electrons. The summed E-state index contributed by atoms with van der Waals surface area (Å²) in [5.41, 5.74) is 1.25. The van der Waals surface area contributed by atoms with Gasteiger partial charge in [0.25, 0.3) is 5.91 Å². The van der Waals surface area contributed by atoms with Gasteiger partial charge in [0.05, 0.1) is 5.69 Å². The number of nitrogens with zero attached hydrogens (tertiary/aromatic N) is 2. The van der Waals surface area contributed by atoms with Gasteiger partial charge in [0.2, 0.25) is 0 Å². The summed E-state index contributed by atoms with van der Waals surface area (Å²) in [5, 5.41) is 6.83. The second-order valence-corrected chi connectivity index (χ2v) is 3.88. The van der Waals surface area contributed by atoms with Crippen LogP contribution in [0.4, 0.5) is 0 Å². The van der Waals surface area contributed by atoms with E-state index in [4.69, 9.17) is 4.52 Å². The summed E-state index contributed by atoms with van der Waals surface area (Å²) < 4.78 is 4.98. The van der Waals surface area contributed by atoms with Gasteiger partial charge in [0, 0.05) is 13.6 Å². The molecule has 0 atom stereocenters. The maximum atomic E-state index is 12.0. The Bertz CT molecular complexity index is 341. The zero-order valence-corrected chi connectivity index (χ0v) is 10.3. The summed E-state index contributed by atoms with van der Waals surface area (Å²) in [6.07, 6.45) is 0.933. The molecule has 1 amide bonds. The van der Waals surface area contributed by atoms with Crippen LogP contribution in [-0.2, 0) is 0 Å². The van der Waals surface area contributed by atoms with Crippen molar-refractivity contribution in [2.24, 2.45) is 0 Å². The van der Waals surface area contributed by atoms with E-state index in [9.17, 15) is 4.79 Å². The van der Waals surface area contributed by atoms with Gasteiger partial charge in [-0.25, -0.2) is 0 Å². The molecule has 1 aromatic heterocycles. The smallest absolute Gasteiger partial charge is 0.259 e. The molecule has 0 saturated heterocycles. The fourth-order valence-corrected chi connectivity index (χ4v) is 1.57. The molecule has 1 aromatic rings. The van der Waals surface area contributed by atoms with Gasteiger partial charge in [-0.3, -0.25) is 4.79 Å². The SMILES string of the molecule is CNCCCN(C)C(=O)c1c(C)noc1C. The zero-order chi connectivity index (χ0) is 12.1. The van der Waals surface area contributed by atoms with E-state index in [1.165, 1.54) is 0 Å². The first kappa shape index (κ1) is 12.7. The van der Waals surface area contributed by atoms with E-state index in [1.54, 1.807) is 25.8 Å². The summed E-state index contributed by atoms with van der Waals surface area (Å²) in [6, 6.07) is 0. The van der Waals surface area contributed by atoms with Gasteiger partial charge in [-0.15, -0.1) is 0 Å². The average Bonchev–Trinajstić information content (AvgIpc) is 2.58. The standard InChI is InChI=1S/C11H19N3O2/c1-8-10(9(2)16-13-8)11(15)14(4)7-5-6-12-3/h12H,5-7H2,1-4H3. The summed E-state index contributed by atoms with van der Waals surface area (Å²) >= 11 is 0. The van der Waals surface area contributed by atoms with E-state index < -0.39 is 0 Å². The molecule has 0 radical (unpaired) electrons. The Morgan fingerprint density at radius 2 is 2.19 bits per heavy atom. The lowest BCUT2D eigenvalue weighted by Crippen LogP contribution is -2.30. The van der Waals surface area contributed by atoms with Crippen molar-refractivity contribution in [3.8, 4) is 0 Å². The Morgan fingerprint density at radius 1 is 1.50 bits per heavy atom. The highest BCUT2D eigenvalue weighted by Gasteiger charge is 2.20. The van der Waals surface area contributed by atoms with Crippen LogP contribution in [0.15, 0.2) is 4.52 Å². The third-order valence-electron chi connectivity index (χ3n) is 2.51.